The van der Waals surface area contributed by atoms with E-state index < -0.39 is 18.0 Å². The summed E-state index contributed by atoms with van der Waals surface area (Å²) >= 11 is 5.87. The maximum absolute atomic E-state index is 12.1. The van der Waals surface area contributed by atoms with E-state index in [2.05, 4.69) is 5.32 Å². The molecule has 1 N–H and O–H groups in total. The van der Waals surface area contributed by atoms with E-state index in [0.717, 1.165) is 0 Å². The molecule has 1 amide bonds. The molecular weight excluding hydrogens is 370 g/mol. The minimum absolute atomic E-state index is 0.00917. The number of benzene rings is 2. The van der Waals surface area contributed by atoms with Gasteiger partial charge in [-0.2, -0.15) is 0 Å². The van der Waals surface area contributed by atoms with Crippen LogP contribution in [0.5, 0.6) is 11.5 Å². The van der Waals surface area contributed by atoms with Crippen molar-refractivity contribution in [2.45, 2.75) is 26.4 Å². The molecule has 6 nitrogen and oxygen atoms in total. The Morgan fingerprint density at radius 2 is 1.78 bits per heavy atom. The third-order valence-corrected chi connectivity index (χ3v) is 3.72. The minimum atomic E-state index is -0.938. The Kier molecular flexibility index (Phi) is 7.95. The van der Waals surface area contributed by atoms with E-state index in [1.807, 2.05) is 19.1 Å². The lowest BCUT2D eigenvalue weighted by Crippen LogP contribution is -2.30. The Bertz CT molecular complexity index is 780. The zero-order valence-corrected chi connectivity index (χ0v) is 16.0. The standard InChI is InChI=1S/C20H22ClNO5/c1-3-25-17-9-4-5-10-18(17)26-12-11-19(23)27-14(2)20(24)22-16-8-6-7-15(21)13-16/h4-10,13-14H,3,11-12H2,1-2H3,(H,22,24)/t14-/m0/s1. The van der Waals surface area contributed by atoms with E-state index in [9.17, 15) is 9.59 Å². The molecule has 0 aliphatic heterocycles. The van der Waals surface area contributed by atoms with Crippen molar-refractivity contribution in [3.8, 4) is 11.5 Å². The topological polar surface area (TPSA) is 73.9 Å². The van der Waals surface area contributed by atoms with Gasteiger partial charge in [0.25, 0.3) is 5.91 Å². The normalized spacial score (nSPS) is 11.4. The van der Waals surface area contributed by atoms with Crippen molar-refractivity contribution in [1.29, 1.82) is 0 Å². The van der Waals surface area contributed by atoms with E-state index >= 15 is 0 Å². The molecule has 1 atom stereocenters. The van der Waals surface area contributed by atoms with Crippen molar-refractivity contribution in [3.63, 3.8) is 0 Å². The Morgan fingerprint density at radius 3 is 2.44 bits per heavy atom. The molecule has 0 fully saturated rings. The van der Waals surface area contributed by atoms with Gasteiger partial charge in [-0.15, -0.1) is 0 Å². The number of rotatable bonds is 9. The van der Waals surface area contributed by atoms with Crippen LogP contribution in [0.2, 0.25) is 5.02 Å². The zero-order chi connectivity index (χ0) is 19.6. The molecule has 0 spiro atoms. The number of nitrogens with one attached hydrogen (secondary N) is 1. The van der Waals surface area contributed by atoms with Crippen LogP contribution in [-0.4, -0.2) is 31.2 Å². The molecule has 0 aliphatic rings. The smallest absolute Gasteiger partial charge is 0.310 e. The van der Waals surface area contributed by atoms with Crippen molar-refractivity contribution in [3.05, 3.63) is 53.6 Å². The summed E-state index contributed by atoms with van der Waals surface area (Å²) in [6, 6.07) is 13.9. The number of carbonyl (C=O) groups is 2. The summed E-state index contributed by atoms with van der Waals surface area (Å²) in [4.78, 5) is 24.0. The molecule has 0 radical (unpaired) electrons. The monoisotopic (exact) mass is 391 g/mol. The van der Waals surface area contributed by atoms with Gasteiger partial charge in [0, 0.05) is 10.7 Å². The van der Waals surface area contributed by atoms with E-state index in [1.165, 1.54) is 6.92 Å². The zero-order valence-electron chi connectivity index (χ0n) is 15.2. The van der Waals surface area contributed by atoms with E-state index in [4.69, 9.17) is 25.8 Å². The van der Waals surface area contributed by atoms with E-state index in [0.29, 0.717) is 28.8 Å². The van der Waals surface area contributed by atoms with Gasteiger partial charge in [0.15, 0.2) is 17.6 Å². The fraction of sp³-hybridized carbons (Fsp3) is 0.300. The van der Waals surface area contributed by atoms with Crippen LogP contribution in [0.15, 0.2) is 48.5 Å². The number of halogens is 1. The molecule has 0 heterocycles. The van der Waals surface area contributed by atoms with Gasteiger partial charge in [0.2, 0.25) is 0 Å². The lowest BCUT2D eigenvalue weighted by Gasteiger charge is -2.14. The number of hydrogen-bond acceptors (Lipinski definition) is 5. The van der Waals surface area contributed by atoms with Gasteiger partial charge < -0.3 is 19.5 Å². The summed E-state index contributed by atoms with van der Waals surface area (Å²) in [6.45, 7) is 4.01. The van der Waals surface area contributed by atoms with Gasteiger partial charge in [-0.3, -0.25) is 9.59 Å². The van der Waals surface area contributed by atoms with Gasteiger partial charge in [0.1, 0.15) is 0 Å². The van der Waals surface area contributed by atoms with Gasteiger partial charge >= 0.3 is 5.97 Å². The van der Waals surface area contributed by atoms with Gasteiger partial charge in [-0.25, -0.2) is 0 Å². The second-order valence-corrected chi connectivity index (χ2v) is 6.05. The number of carbonyl (C=O) groups excluding carboxylic acids is 2. The highest BCUT2D eigenvalue weighted by Crippen LogP contribution is 2.26. The average molecular weight is 392 g/mol. The summed E-state index contributed by atoms with van der Waals surface area (Å²) in [5, 5.41) is 3.14. The molecule has 7 heteroatoms. The Labute approximate surface area is 163 Å². The number of ether oxygens (including phenoxy) is 3. The van der Waals surface area contributed by atoms with Crippen molar-refractivity contribution < 1.29 is 23.8 Å². The third-order valence-electron chi connectivity index (χ3n) is 3.48. The molecule has 2 aromatic carbocycles. The maximum Gasteiger partial charge on any atom is 0.310 e. The first-order valence-electron chi connectivity index (χ1n) is 8.60. The van der Waals surface area contributed by atoms with Crippen LogP contribution >= 0.6 is 11.6 Å². The van der Waals surface area contributed by atoms with Crippen LogP contribution in [-0.2, 0) is 14.3 Å². The van der Waals surface area contributed by atoms with Crippen molar-refractivity contribution in [2.75, 3.05) is 18.5 Å². The average Bonchev–Trinajstić information content (AvgIpc) is 2.63. The highest BCUT2D eigenvalue weighted by molar-refractivity contribution is 6.30. The van der Waals surface area contributed by atoms with Crippen LogP contribution in [0.25, 0.3) is 0 Å². The molecule has 0 unspecified atom stereocenters. The molecule has 27 heavy (non-hydrogen) atoms. The Hall–Kier alpha value is -2.73. The highest BCUT2D eigenvalue weighted by Gasteiger charge is 2.18. The lowest BCUT2D eigenvalue weighted by atomic mass is 10.3. The number of anilines is 1. The molecule has 144 valence electrons. The second kappa shape index (κ2) is 10.4. The fourth-order valence-corrected chi connectivity index (χ4v) is 2.40. The molecule has 0 saturated heterocycles. The van der Waals surface area contributed by atoms with Crippen LogP contribution in [0.1, 0.15) is 20.3 Å². The first-order valence-corrected chi connectivity index (χ1v) is 8.98. The molecule has 2 aromatic rings. The molecule has 0 bridgehead atoms. The van der Waals surface area contributed by atoms with Gasteiger partial charge in [0.05, 0.1) is 19.6 Å². The number of amides is 1. The minimum Gasteiger partial charge on any atom is -0.490 e. The number of esters is 1. The van der Waals surface area contributed by atoms with Crippen molar-refractivity contribution in [1.82, 2.24) is 0 Å². The summed E-state index contributed by atoms with van der Waals surface area (Å²) in [5.41, 5.74) is 0.534. The summed E-state index contributed by atoms with van der Waals surface area (Å²) in [5.74, 6) is 0.201. The molecule has 2 rings (SSSR count). The number of hydrogen-bond donors (Lipinski definition) is 1. The third kappa shape index (κ3) is 6.83. The van der Waals surface area contributed by atoms with Gasteiger partial charge in [-0.05, 0) is 44.2 Å². The summed E-state index contributed by atoms with van der Waals surface area (Å²) in [6.07, 6.45) is -0.929. The Morgan fingerprint density at radius 1 is 1.07 bits per heavy atom. The molecular formula is C20H22ClNO5. The molecule has 0 saturated carbocycles. The summed E-state index contributed by atoms with van der Waals surface area (Å²) in [7, 11) is 0. The largest absolute Gasteiger partial charge is 0.490 e. The van der Waals surface area contributed by atoms with Crippen LogP contribution < -0.4 is 14.8 Å². The van der Waals surface area contributed by atoms with Crippen LogP contribution in [0.3, 0.4) is 0 Å². The van der Waals surface area contributed by atoms with Crippen molar-refractivity contribution in [2.24, 2.45) is 0 Å². The maximum atomic E-state index is 12.1. The quantitative estimate of drug-likeness (QED) is 0.652. The highest BCUT2D eigenvalue weighted by atomic mass is 35.5. The predicted octanol–water partition coefficient (Wildman–Crippen LogP) is 4.08. The van der Waals surface area contributed by atoms with E-state index in [1.54, 1.807) is 36.4 Å². The van der Waals surface area contributed by atoms with Gasteiger partial charge in [-0.1, -0.05) is 29.8 Å². The Balaban J connectivity index is 1.77. The molecule has 0 aliphatic carbocycles. The fourth-order valence-electron chi connectivity index (χ4n) is 2.21. The SMILES string of the molecule is CCOc1ccccc1OCCC(=O)O[C@@H](C)C(=O)Nc1cccc(Cl)c1. The number of para-hydroxylation sites is 2. The van der Waals surface area contributed by atoms with E-state index in [-0.39, 0.29) is 13.0 Å². The molecule has 0 aromatic heterocycles. The second-order valence-electron chi connectivity index (χ2n) is 5.61. The first kappa shape index (κ1) is 20.6. The first-order chi connectivity index (χ1) is 13.0. The lowest BCUT2D eigenvalue weighted by molar-refractivity contribution is -0.153. The van der Waals surface area contributed by atoms with Crippen LogP contribution in [0, 0.1) is 0 Å². The van der Waals surface area contributed by atoms with Crippen LogP contribution in [0.4, 0.5) is 5.69 Å². The summed E-state index contributed by atoms with van der Waals surface area (Å²) < 4.78 is 16.2. The predicted molar refractivity (Wildman–Crippen MR) is 103 cm³/mol. The van der Waals surface area contributed by atoms with Crippen molar-refractivity contribution >= 4 is 29.2 Å².